The van der Waals surface area contributed by atoms with Gasteiger partial charge in [-0.25, -0.2) is 0 Å². The highest BCUT2D eigenvalue weighted by molar-refractivity contribution is 6.06. The first-order valence-electron chi connectivity index (χ1n) is 11.1. The first-order chi connectivity index (χ1) is 13.9. The van der Waals surface area contributed by atoms with E-state index < -0.39 is 0 Å². The lowest BCUT2D eigenvalue weighted by molar-refractivity contribution is 0.0433. The summed E-state index contributed by atoms with van der Waals surface area (Å²) in [4.78, 5) is 19.9. The molecule has 0 atom stereocenters. The molecule has 0 aliphatic carbocycles. The maximum atomic E-state index is 13.0. The number of likely N-dealkylation sites (N-methyl/N-ethyl adjacent to an activating group) is 1. The van der Waals surface area contributed by atoms with E-state index in [2.05, 4.69) is 41.5 Å². The van der Waals surface area contributed by atoms with E-state index >= 15 is 0 Å². The third-order valence-corrected chi connectivity index (χ3v) is 6.99. The molecule has 1 amide bonds. The Morgan fingerprint density at radius 3 is 2.52 bits per heavy atom. The molecule has 0 spiro atoms. The molecule has 1 fully saturated rings. The monoisotopic (exact) mass is 398 g/mol. The second kappa shape index (κ2) is 9.31. The summed E-state index contributed by atoms with van der Waals surface area (Å²) in [5, 5.41) is 1.04. The smallest absolute Gasteiger partial charge is 0.254 e. The lowest BCUT2D eigenvalue weighted by Gasteiger charge is -2.46. The lowest BCUT2D eigenvalue weighted by atomic mass is 9.82. The van der Waals surface area contributed by atoms with Crippen LogP contribution < -0.4 is 0 Å². The van der Waals surface area contributed by atoms with Gasteiger partial charge in [-0.3, -0.25) is 4.79 Å². The van der Waals surface area contributed by atoms with Crippen molar-refractivity contribution in [2.45, 2.75) is 44.6 Å². The summed E-state index contributed by atoms with van der Waals surface area (Å²) in [7, 11) is 8.42. The van der Waals surface area contributed by atoms with Gasteiger partial charge in [0.05, 0.1) is 0 Å². The Hall–Kier alpha value is -1.85. The Morgan fingerprint density at radius 2 is 1.86 bits per heavy atom. The van der Waals surface area contributed by atoms with E-state index in [-0.39, 0.29) is 5.91 Å². The molecule has 1 saturated heterocycles. The molecule has 0 N–H and O–H groups in total. The highest BCUT2D eigenvalue weighted by atomic mass is 16.2. The van der Waals surface area contributed by atoms with Crippen LogP contribution in [0.25, 0.3) is 10.9 Å². The van der Waals surface area contributed by atoms with E-state index in [0.717, 1.165) is 42.6 Å². The third-order valence-electron chi connectivity index (χ3n) is 6.99. The van der Waals surface area contributed by atoms with Gasteiger partial charge in [0.15, 0.2) is 0 Å². The van der Waals surface area contributed by atoms with Gasteiger partial charge < -0.3 is 19.3 Å². The van der Waals surface area contributed by atoms with Gasteiger partial charge in [-0.1, -0.05) is 25.8 Å². The molecule has 1 aliphatic heterocycles. The molecule has 3 rings (SSSR count). The van der Waals surface area contributed by atoms with Crippen LogP contribution in [0.5, 0.6) is 0 Å². The molecule has 0 radical (unpaired) electrons. The molecule has 160 valence electrons. The van der Waals surface area contributed by atoms with Crippen LogP contribution in [0, 0.1) is 0 Å². The van der Waals surface area contributed by atoms with Crippen LogP contribution in [0.3, 0.4) is 0 Å². The third kappa shape index (κ3) is 4.67. The summed E-state index contributed by atoms with van der Waals surface area (Å²) >= 11 is 0. The number of hydrogen-bond donors (Lipinski definition) is 0. The SMILES string of the molecule is CCCCC1(N(C)C)CCN(CCN(C)C(=O)c2cccc3c2ccn3C)CC1. The van der Waals surface area contributed by atoms with Crippen LogP contribution in [0.1, 0.15) is 49.4 Å². The minimum atomic E-state index is 0.115. The second-order valence-corrected chi connectivity index (χ2v) is 8.96. The van der Waals surface area contributed by atoms with Gasteiger partial charge in [0.2, 0.25) is 0 Å². The number of hydrogen-bond acceptors (Lipinski definition) is 3. The molecule has 5 heteroatoms. The summed E-state index contributed by atoms with van der Waals surface area (Å²) in [6.45, 7) is 6.24. The van der Waals surface area contributed by atoms with Crippen LogP contribution >= 0.6 is 0 Å². The molecule has 0 unspecified atom stereocenters. The molecule has 1 aliphatic rings. The zero-order valence-corrected chi connectivity index (χ0v) is 18.9. The predicted molar refractivity (Wildman–Crippen MR) is 121 cm³/mol. The molecule has 1 aromatic heterocycles. The van der Waals surface area contributed by atoms with Crippen LogP contribution in [0.2, 0.25) is 0 Å². The van der Waals surface area contributed by atoms with Crippen LogP contribution in [-0.2, 0) is 7.05 Å². The molecule has 29 heavy (non-hydrogen) atoms. The quantitative estimate of drug-likeness (QED) is 0.677. The van der Waals surface area contributed by atoms with Gasteiger partial charge in [0, 0.05) is 55.4 Å². The first-order valence-corrected chi connectivity index (χ1v) is 11.1. The molecule has 0 bridgehead atoms. The molecule has 2 heterocycles. The Morgan fingerprint density at radius 1 is 1.14 bits per heavy atom. The van der Waals surface area contributed by atoms with Crippen molar-refractivity contribution in [3.63, 3.8) is 0 Å². The van der Waals surface area contributed by atoms with E-state index in [1.165, 1.54) is 32.1 Å². The fraction of sp³-hybridized carbons (Fsp3) is 0.625. The highest BCUT2D eigenvalue weighted by Gasteiger charge is 2.35. The first kappa shape index (κ1) is 21.8. The van der Waals surface area contributed by atoms with Gasteiger partial charge >= 0.3 is 0 Å². The molecule has 5 nitrogen and oxygen atoms in total. The van der Waals surface area contributed by atoms with E-state index in [4.69, 9.17) is 0 Å². The topological polar surface area (TPSA) is 31.7 Å². The number of piperidine rings is 1. The van der Waals surface area contributed by atoms with Crippen molar-refractivity contribution < 1.29 is 4.79 Å². The summed E-state index contributed by atoms with van der Waals surface area (Å²) in [5.74, 6) is 0.115. The molecule has 2 aromatic rings. The van der Waals surface area contributed by atoms with Gasteiger partial charge in [-0.2, -0.15) is 0 Å². The fourth-order valence-corrected chi connectivity index (χ4v) is 4.71. The minimum absolute atomic E-state index is 0.115. The molecule has 0 saturated carbocycles. The lowest BCUT2D eigenvalue weighted by Crippen LogP contribution is -2.53. The summed E-state index contributed by atoms with van der Waals surface area (Å²) in [6.07, 6.45) is 8.33. The van der Waals surface area contributed by atoms with Crippen LogP contribution in [0.15, 0.2) is 30.5 Å². The van der Waals surface area contributed by atoms with Crippen LogP contribution in [0.4, 0.5) is 0 Å². The van der Waals surface area contributed by atoms with Gasteiger partial charge in [-0.15, -0.1) is 0 Å². The van der Waals surface area contributed by atoms with Gasteiger partial charge in [0.1, 0.15) is 0 Å². The van der Waals surface area contributed by atoms with Gasteiger partial charge in [0.25, 0.3) is 5.91 Å². The number of unbranched alkanes of at least 4 members (excludes halogenated alkanes) is 1. The Kier molecular flexibility index (Phi) is 7.01. The molecular formula is C24H38N4O. The van der Waals surface area contributed by atoms with E-state index in [1.807, 2.05) is 43.4 Å². The molecular weight excluding hydrogens is 360 g/mol. The van der Waals surface area contributed by atoms with Crippen molar-refractivity contribution in [3.05, 3.63) is 36.0 Å². The normalized spacial score (nSPS) is 17.2. The zero-order valence-electron chi connectivity index (χ0n) is 18.9. The van der Waals surface area contributed by atoms with E-state index in [1.54, 1.807) is 0 Å². The number of nitrogens with zero attached hydrogens (tertiary/aromatic N) is 4. The standard InChI is InChI=1S/C24H38N4O/c1-6-7-12-24(25(2)3)13-16-28(17-14-24)19-18-27(5)23(29)21-9-8-10-22-20(21)11-15-26(22)4/h8-11,15H,6-7,12-14,16-19H2,1-5H3. The zero-order chi connectivity index (χ0) is 21.0. The van der Waals surface area contributed by atoms with Crippen molar-refractivity contribution in [1.82, 2.24) is 19.3 Å². The number of aryl methyl sites for hydroxylation is 1. The maximum absolute atomic E-state index is 13.0. The van der Waals surface area contributed by atoms with E-state index in [9.17, 15) is 4.79 Å². The molecule has 1 aromatic carbocycles. The number of benzene rings is 1. The van der Waals surface area contributed by atoms with Crippen LogP contribution in [-0.4, -0.2) is 78.0 Å². The van der Waals surface area contributed by atoms with Gasteiger partial charge in [-0.05, 0) is 64.6 Å². The number of aromatic nitrogens is 1. The van der Waals surface area contributed by atoms with Crippen molar-refractivity contribution in [2.75, 3.05) is 47.3 Å². The van der Waals surface area contributed by atoms with Crippen molar-refractivity contribution in [2.24, 2.45) is 7.05 Å². The largest absolute Gasteiger partial charge is 0.351 e. The van der Waals surface area contributed by atoms with Crippen molar-refractivity contribution in [3.8, 4) is 0 Å². The Labute approximate surface area is 176 Å². The summed E-state index contributed by atoms with van der Waals surface area (Å²) in [5.41, 5.74) is 2.26. The fourth-order valence-electron chi connectivity index (χ4n) is 4.71. The summed E-state index contributed by atoms with van der Waals surface area (Å²) in [6, 6.07) is 8.03. The number of amides is 1. The number of fused-ring (bicyclic) bond motifs is 1. The Balaban J connectivity index is 1.56. The van der Waals surface area contributed by atoms with Crippen molar-refractivity contribution in [1.29, 1.82) is 0 Å². The number of carbonyl (C=O) groups excluding carboxylic acids is 1. The second-order valence-electron chi connectivity index (χ2n) is 8.96. The van der Waals surface area contributed by atoms with E-state index in [0.29, 0.717) is 5.54 Å². The summed E-state index contributed by atoms with van der Waals surface area (Å²) < 4.78 is 2.06. The highest BCUT2D eigenvalue weighted by Crippen LogP contribution is 2.32. The minimum Gasteiger partial charge on any atom is -0.351 e. The predicted octanol–water partition coefficient (Wildman–Crippen LogP) is 3.84. The maximum Gasteiger partial charge on any atom is 0.254 e. The average molecular weight is 399 g/mol. The average Bonchev–Trinajstić information content (AvgIpc) is 3.11. The number of rotatable bonds is 8. The van der Waals surface area contributed by atoms with Crippen molar-refractivity contribution >= 4 is 16.8 Å². The number of likely N-dealkylation sites (tertiary alicyclic amines) is 1. The Bertz CT molecular complexity index is 817. The number of carbonyl (C=O) groups is 1.